The Morgan fingerprint density at radius 1 is 1.45 bits per heavy atom. The first-order valence-electron chi connectivity index (χ1n) is 6.49. The Labute approximate surface area is 122 Å². The van der Waals surface area contributed by atoms with Crippen molar-refractivity contribution in [3.8, 4) is 0 Å². The highest BCUT2D eigenvalue weighted by Crippen LogP contribution is 2.32. The summed E-state index contributed by atoms with van der Waals surface area (Å²) in [4.78, 5) is 12.0. The van der Waals surface area contributed by atoms with Gasteiger partial charge in [-0.2, -0.15) is 5.10 Å². The minimum Gasteiger partial charge on any atom is -0.345 e. The Morgan fingerprint density at radius 3 is 2.45 bits per heavy atom. The lowest BCUT2D eigenvalue weighted by Crippen LogP contribution is -2.51. The van der Waals surface area contributed by atoms with Gasteiger partial charge >= 0.3 is 0 Å². The van der Waals surface area contributed by atoms with Crippen molar-refractivity contribution in [1.82, 2.24) is 15.5 Å². The summed E-state index contributed by atoms with van der Waals surface area (Å²) in [6, 6.07) is 0. The third-order valence-corrected chi connectivity index (χ3v) is 5.02. The van der Waals surface area contributed by atoms with E-state index in [2.05, 4.69) is 15.5 Å². The molecule has 1 aliphatic rings. The number of aromatic amines is 1. The number of halogens is 1. The van der Waals surface area contributed by atoms with Crippen LogP contribution in [0.25, 0.3) is 0 Å². The lowest BCUT2D eigenvalue weighted by atomic mass is 9.78. The minimum absolute atomic E-state index is 0.133. The highest BCUT2D eigenvalue weighted by atomic mass is 35.7. The van der Waals surface area contributed by atoms with Crippen molar-refractivity contribution in [3.05, 3.63) is 11.4 Å². The lowest BCUT2D eigenvalue weighted by Gasteiger charge is -2.38. The number of hydrogen-bond acceptors (Lipinski definition) is 4. The van der Waals surface area contributed by atoms with Gasteiger partial charge < -0.3 is 5.32 Å². The summed E-state index contributed by atoms with van der Waals surface area (Å²) in [5.41, 5.74) is -0.0813. The van der Waals surface area contributed by atoms with Gasteiger partial charge in [0.1, 0.15) is 4.90 Å². The van der Waals surface area contributed by atoms with Crippen LogP contribution >= 0.6 is 10.7 Å². The smallest absolute Gasteiger partial charge is 0.273 e. The van der Waals surface area contributed by atoms with Gasteiger partial charge in [0.2, 0.25) is 0 Å². The molecule has 20 heavy (non-hydrogen) atoms. The molecule has 1 aliphatic carbocycles. The molecule has 1 aromatic rings. The van der Waals surface area contributed by atoms with E-state index in [4.69, 9.17) is 10.7 Å². The molecule has 2 rings (SSSR count). The van der Waals surface area contributed by atoms with Crippen LogP contribution in [0.4, 0.5) is 0 Å². The average Bonchev–Trinajstić information content (AvgIpc) is 2.70. The average molecular weight is 320 g/mol. The number of nitrogens with one attached hydrogen (secondary N) is 2. The molecule has 0 aliphatic heterocycles. The Kier molecular flexibility index (Phi) is 3.85. The number of amides is 1. The predicted molar refractivity (Wildman–Crippen MR) is 75.4 cm³/mol. The first-order valence-corrected chi connectivity index (χ1v) is 8.80. The first kappa shape index (κ1) is 15.3. The largest absolute Gasteiger partial charge is 0.345 e. The topological polar surface area (TPSA) is 91.9 Å². The molecule has 0 radical (unpaired) electrons. The fourth-order valence-electron chi connectivity index (χ4n) is 2.30. The maximum Gasteiger partial charge on any atom is 0.273 e. The molecule has 8 heteroatoms. The second-order valence-electron chi connectivity index (χ2n) is 5.78. The van der Waals surface area contributed by atoms with Gasteiger partial charge in [-0.3, -0.25) is 9.89 Å². The molecule has 0 spiro atoms. The number of carbonyl (C=O) groups is 1. The normalized spacial score (nSPS) is 17.9. The van der Waals surface area contributed by atoms with Gasteiger partial charge in [0.05, 0.1) is 5.69 Å². The SMILES string of the molecule is CC(C)c1[nH]nc(C(=O)NC2(C)CCC2)c1S(=O)(=O)Cl. The number of H-pyrrole nitrogens is 1. The molecule has 2 N–H and O–H groups in total. The Morgan fingerprint density at radius 2 is 2.05 bits per heavy atom. The first-order chi connectivity index (χ1) is 9.14. The lowest BCUT2D eigenvalue weighted by molar-refractivity contribution is 0.0841. The molecule has 0 saturated heterocycles. The maximum absolute atomic E-state index is 12.2. The van der Waals surface area contributed by atoms with Crippen molar-refractivity contribution in [2.24, 2.45) is 0 Å². The molecule has 1 aromatic heterocycles. The fraction of sp³-hybridized carbons (Fsp3) is 0.667. The van der Waals surface area contributed by atoms with Gasteiger partial charge in [0.25, 0.3) is 15.0 Å². The second kappa shape index (κ2) is 5.04. The summed E-state index contributed by atoms with van der Waals surface area (Å²) < 4.78 is 23.4. The van der Waals surface area contributed by atoms with Gasteiger partial charge in [-0.05, 0) is 32.1 Å². The summed E-state index contributed by atoms with van der Waals surface area (Å²) in [6.07, 6.45) is 2.81. The van der Waals surface area contributed by atoms with Crippen molar-refractivity contribution < 1.29 is 13.2 Å². The van der Waals surface area contributed by atoms with Crippen LogP contribution in [-0.2, 0) is 9.05 Å². The van der Waals surface area contributed by atoms with Gasteiger partial charge in [-0.1, -0.05) is 13.8 Å². The molecule has 0 atom stereocenters. The number of nitrogens with zero attached hydrogens (tertiary/aromatic N) is 1. The molecule has 1 fully saturated rings. The van der Waals surface area contributed by atoms with Crippen LogP contribution in [0.15, 0.2) is 4.90 Å². The van der Waals surface area contributed by atoms with E-state index in [9.17, 15) is 13.2 Å². The van der Waals surface area contributed by atoms with Crippen LogP contribution in [0, 0.1) is 0 Å². The van der Waals surface area contributed by atoms with E-state index < -0.39 is 15.0 Å². The van der Waals surface area contributed by atoms with Crippen LogP contribution in [0.3, 0.4) is 0 Å². The number of aromatic nitrogens is 2. The second-order valence-corrected chi connectivity index (χ2v) is 8.28. The van der Waals surface area contributed by atoms with E-state index in [1.54, 1.807) is 13.8 Å². The number of rotatable bonds is 4. The summed E-state index contributed by atoms with van der Waals surface area (Å²) in [7, 11) is 1.41. The fourth-order valence-corrected chi connectivity index (χ4v) is 3.68. The standard InChI is InChI=1S/C12H18ClN3O3S/c1-7(2)8-10(20(13,18)19)9(16-15-8)11(17)14-12(3)5-4-6-12/h7H,4-6H2,1-3H3,(H,14,17)(H,15,16). The molecule has 0 unspecified atom stereocenters. The zero-order chi connectivity index (χ0) is 15.1. The van der Waals surface area contributed by atoms with E-state index in [-0.39, 0.29) is 22.0 Å². The van der Waals surface area contributed by atoms with Crippen LogP contribution in [-0.4, -0.2) is 30.1 Å². The molecule has 112 valence electrons. The molecule has 0 bridgehead atoms. The molecule has 1 heterocycles. The predicted octanol–water partition coefficient (Wildman–Crippen LogP) is 2.13. The van der Waals surface area contributed by atoms with E-state index >= 15 is 0 Å². The Bertz CT molecular complexity index is 632. The van der Waals surface area contributed by atoms with Gasteiger partial charge in [0.15, 0.2) is 5.69 Å². The zero-order valence-corrected chi connectivity index (χ0v) is 13.2. The molecule has 1 saturated carbocycles. The van der Waals surface area contributed by atoms with Crippen LogP contribution in [0.1, 0.15) is 62.1 Å². The summed E-state index contributed by atoms with van der Waals surface area (Å²) in [5.74, 6) is -0.638. The summed E-state index contributed by atoms with van der Waals surface area (Å²) in [5, 5.41) is 9.28. The highest BCUT2D eigenvalue weighted by Gasteiger charge is 2.36. The van der Waals surface area contributed by atoms with Crippen LogP contribution < -0.4 is 5.32 Å². The van der Waals surface area contributed by atoms with E-state index in [1.165, 1.54) is 0 Å². The van der Waals surface area contributed by atoms with Crippen LogP contribution in [0.2, 0.25) is 0 Å². The summed E-state index contributed by atoms with van der Waals surface area (Å²) in [6.45, 7) is 5.53. The molecule has 6 nitrogen and oxygen atoms in total. The highest BCUT2D eigenvalue weighted by molar-refractivity contribution is 8.13. The van der Waals surface area contributed by atoms with E-state index in [0.29, 0.717) is 5.69 Å². The molecular formula is C12H18ClN3O3S. The molecular weight excluding hydrogens is 302 g/mol. The Hall–Kier alpha value is -1.08. The number of carbonyl (C=O) groups excluding carboxylic acids is 1. The molecule has 1 amide bonds. The van der Waals surface area contributed by atoms with Gasteiger partial charge in [-0.25, -0.2) is 8.42 Å². The maximum atomic E-state index is 12.2. The van der Waals surface area contributed by atoms with E-state index in [1.807, 2.05) is 6.92 Å². The Balaban J connectivity index is 2.39. The van der Waals surface area contributed by atoms with Crippen molar-refractivity contribution in [3.63, 3.8) is 0 Å². The van der Waals surface area contributed by atoms with Gasteiger partial charge in [0, 0.05) is 16.2 Å². The van der Waals surface area contributed by atoms with Crippen molar-refractivity contribution in [2.45, 2.75) is 56.4 Å². The van der Waals surface area contributed by atoms with Crippen molar-refractivity contribution in [1.29, 1.82) is 0 Å². The van der Waals surface area contributed by atoms with Crippen LogP contribution in [0.5, 0.6) is 0 Å². The molecule has 0 aromatic carbocycles. The third kappa shape index (κ3) is 2.83. The minimum atomic E-state index is -4.04. The zero-order valence-electron chi connectivity index (χ0n) is 11.7. The summed E-state index contributed by atoms with van der Waals surface area (Å²) >= 11 is 0. The quantitative estimate of drug-likeness (QED) is 0.832. The van der Waals surface area contributed by atoms with Crippen molar-refractivity contribution >= 4 is 25.6 Å². The monoisotopic (exact) mass is 319 g/mol. The number of hydrogen-bond donors (Lipinski definition) is 2. The third-order valence-electron chi connectivity index (χ3n) is 3.66. The van der Waals surface area contributed by atoms with E-state index in [0.717, 1.165) is 19.3 Å². The van der Waals surface area contributed by atoms with Gasteiger partial charge in [-0.15, -0.1) is 0 Å². The van der Waals surface area contributed by atoms with Crippen molar-refractivity contribution in [2.75, 3.05) is 0 Å².